The van der Waals surface area contributed by atoms with Gasteiger partial charge < -0.3 is 15.4 Å². The predicted octanol–water partition coefficient (Wildman–Crippen LogP) is 4.27. The first kappa shape index (κ1) is 22.9. The molecule has 1 aromatic carbocycles. The molecule has 0 aliphatic heterocycles. The summed E-state index contributed by atoms with van der Waals surface area (Å²) in [5, 5.41) is 15.3. The number of rotatable bonds is 5. The van der Waals surface area contributed by atoms with Crippen molar-refractivity contribution in [2.24, 2.45) is 0 Å². The molecule has 0 fully saturated rings. The standard InChI is InChI=1S/C20H11ClF4N6O3/c21-13-6-10(1-2-14(13)22)28-19-27-8-12(9-5-11(18(33)34)17(32)26-7-9)16(29-19)31-4-3-15(30-31)20(23,24)25/h1-8H,(H,26,32)(H,33,34)(H,27,28,29). The number of nitrogens with one attached hydrogen (secondary N) is 2. The fraction of sp³-hybridized carbons (Fsp3) is 0.0500. The van der Waals surface area contributed by atoms with E-state index in [1.165, 1.54) is 18.3 Å². The Morgan fingerprint density at radius 2 is 1.97 bits per heavy atom. The van der Waals surface area contributed by atoms with Crippen LogP contribution in [0.1, 0.15) is 16.1 Å². The van der Waals surface area contributed by atoms with Crippen molar-refractivity contribution in [2.75, 3.05) is 5.32 Å². The summed E-state index contributed by atoms with van der Waals surface area (Å²) in [5.74, 6) is -2.43. The van der Waals surface area contributed by atoms with Crippen LogP contribution in [0.4, 0.5) is 29.2 Å². The van der Waals surface area contributed by atoms with Crippen molar-refractivity contribution >= 4 is 29.2 Å². The van der Waals surface area contributed by atoms with Crippen molar-refractivity contribution in [3.63, 3.8) is 0 Å². The van der Waals surface area contributed by atoms with Crippen LogP contribution >= 0.6 is 11.6 Å². The van der Waals surface area contributed by atoms with Crippen molar-refractivity contribution < 1.29 is 27.5 Å². The fourth-order valence-corrected chi connectivity index (χ4v) is 3.09. The minimum absolute atomic E-state index is 0.0678. The Morgan fingerprint density at radius 1 is 1.21 bits per heavy atom. The highest BCUT2D eigenvalue weighted by Gasteiger charge is 2.34. The molecule has 0 spiro atoms. The lowest BCUT2D eigenvalue weighted by molar-refractivity contribution is -0.141. The summed E-state index contributed by atoms with van der Waals surface area (Å²) in [6.07, 6.45) is -1.35. The van der Waals surface area contributed by atoms with Crippen molar-refractivity contribution in [2.45, 2.75) is 6.18 Å². The Morgan fingerprint density at radius 3 is 2.62 bits per heavy atom. The summed E-state index contributed by atoms with van der Waals surface area (Å²) in [4.78, 5) is 33.6. The van der Waals surface area contributed by atoms with E-state index in [2.05, 4.69) is 25.4 Å². The summed E-state index contributed by atoms with van der Waals surface area (Å²) in [6.45, 7) is 0. The average molecular weight is 495 g/mol. The topological polar surface area (TPSA) is 126 Å². The summed E-state index contributed by atoms with van der Waals surface area (Å²) in [5.41, 5.74) is -2.19. The molecule has 14 heteroatoms. The van der Waals surface area contributed by atoms with Crippen molar-refractivity contribution in [3.05, 3.63) is 81.4 Å². The molecule has 0 saturated heterocycles. The molecule has 174 valence electrons. The van der Waals surface area contributed by atoms with E-state index in [0.717, 1.165) is 35.3 Å². The van der Waals surface area contributed by atoms with Crippen LogP contribution in [-0.4, -0.2) is 35.8 Å². The predicted molar refractivity (Wildman–Crippen MR) is 112 cm³/mol. The number of H-pyrrole nitrogens is 1. The number of anilines is 2. The number of hydrogen-bond donors (Lipinski definition) is 3. The number of nitrogens with zero attached hydrogens (tertiary/aromatic N) is 4. The van der Waals surface area contributed by atoms with Crippen molar-refractivity contribution in [1.29, 1.82) is 0 Å². The van der Waals surface area contributed by atoms with Gasteiger partial charge in [0, 0.05) is 35.4 Å². The van der Waals surface area contributed by atoms with Gasteiger partial charge in [-0.25, -0.2) is 18.9 Å². The van der Waals surface area contributed by atoms with Gasteiger partial charge >= 0.3 is 12.1 Å². The molecule has 0 bridgehead atoms. The molecule has 0 radical (unpaired) electrons. The van der Waals surface area contributed by atoms with Crippen LogP contribution in [0.15, 0.2) is 53.7 Å². The molecule has 9 nitrogen and oxygen atoms in total. The number of pyridine rings is 1. The van der Waals surface area contributed by atoms with Crippen LogP contribution in [0.3, 0.4) is 0 Å². The van der Waals surface area contributed by atoms with Gasteiger partial charge in [0.1, 0.15) is 11.4 Å². The number of aromatic amines is 1. The molecule has 34 heavy (non-hydrogen) atoms. The van der Waals surface area contributed by atoms with Gasteiger partial charge in [-0.3, -0.25) is 4.79 Å². The zero-order chi connectivity index (χ0) is 24.6. The van der Waals surface area contributed by atoms with E-state index in [1.54, 1.807) is 0 Å². The van der Waals surface area contributed by atoms with Gasteiger partial charge in [-0.15, -0.1) is 0 Å². The van der Waals surface area contributed by atoms with Gasteiger partial charge in [-0.1, -0.05) is 11.6 Å². The lowest BCUT2D eigenvalue weighted by Gasteiger charge is -2.12. The molecule has 0 aliphatic rings. The molecule has 3 N–H and O–H groups in total. The van der Waals surface area contributed by atoms with Crippen LogP contribution < -0.4 is 10.9 Å². The second-order valence-corrected chi connectivity index (χ2v) is 7.17. The molecular formula is C20H11ClF4N6O3. The van der Waals surface area contributed by atoms with Gasteiger partial charge in [-0.2, -0.15) is 23.3 Å². The Hall–Kier alpha value is -4.26. The molecule has 0 aliphatic carbocycles. The zero-order valence-corrected chi connectivity index (χ0v) is 17.3. The number of halogens is 5. The summed E-state index contributed by atoms with van der Waals surface area (Å²) in [6, 6.07) is 5.45. The van der Waals surface area contributed by atoms with Gasteiger partial charge in [0.15, 0.2) is 11.5 Å². The maximum Gasteiger partial charge on any atom is 0.435 e. The van der Waals surface area contributed by atoms with E-state index in [9.17, 15) is 32.3 Å². The number of aromatic nitrogens is 5. The third-order valence-corrected chi connectivity index (χ3v) is 4.78. The van der Waals surface area contributed by atoms with E-state index in [-0.39, 0.29) is 27.9 Å². The van der Waals surface area contributed by atoms with Crippen LogP contribution in [0.5, 0.6) is 0 Å². The van der Waals surface area contributed by atoms with E-state index >= 15 is 0 Å². The number of aromatic carboxylic acids is 1. The third-order valence-electron chi connectivity index (χ3n) is 4.49. The lowest BCUT2D eigenvalue weighted by atomic mass is 10.1. The SMILES string of the molecule is O=C(O)c1cc(-c2cnc(Nc3ccc(F)c(Cl)c3)nc2-n2ccc(C(F)(F)F)n2)c[nH]c1=O. The average Bonchev–Trinajstić information content (AvgIpc) is 3.27. The number of carbonyl (C=O) groups is 1. The van der Waals surface area contributed by atoms with E-state index in [0.29, 0.717) is 5.69 Å². The number of hydrogen-bond acceptors (Lipinski definition) is 6. The van der Waals surface area contributed by atoms with E-state index < -0.39 is 34.8 Å². The lowest BCUT2D eigenvalue weighted by Crippen LogP contribution is -2.17. The number of carboxylic acids is 1. The van der Waals surface area contributed by atoms with Crippen LogP contribution in [0, 0.1) is 5.82 Å². The first-order valence-electron chi connectivity index (χ1n) is 9.21. The summed E-state index contributed by atoms with van der Waals surface area (Å²) < 4.78 is 53.5. The Labute approximate surface area is 191 Å². The largest absolute Gasteiger partial charge is 0.477 e. The van der Waals surface area contributed by atoms with Crippen LogP contribution in [-0.2, 0) is 6.18 Å². The smallest absolute Gasteiger partial charge is 0.435 e. The normalized spacial score (nSPS) is 11.4. The second-order valence-electron chi connectivity index (χ2n) is 6.76. The molecular weight excluding hydrogens is 484 g/mol. The van der Waals surface area contributed by atoms with Crippen molar-refractivity contribution in [3.8, 4) is 16.9 Å². The van der Waals surface area contributed by atoms with Gasteiger partial charge in [0.2, 0.25) is 5.95 Å². The quantitative estimate of drug-likeness (QED) is 0.354. The molecule has 4 aromatic rings. The molecule has 0 amide bonds. The molecule has 3 aromatic heterocycles. The van der Waals surface area contributed by atoms with Crippen molar-refractivity contribution in [1.82, 2.24) is 24.7 Å². The van der Waals surface area contributed by atoms with Gasteiger partial charge in [0.05, 0.1) is 5.02 Å². The van der Waals surface area contributed by atoms with Crippen LogP contribution in [0.2, 0.25) is 5.02 Å². The maximum absolute atomic E-state index is 13.4. The molecule has 3 heterocycles. The number of alkyl halides is 3. The van der Waals surface area contributed by atoms with E-state index in [1.807, 2.05) is 0 Å². The molecule has 0 atom stereocenters. The highest BCUT2D eigenvalue weighted by molar-refractivity contribution is 6.31. The Bertz CT molecular complexity index is 1470. The van der Waals surface area contributed by atoms with Crippen LogP contribution in [0.25, 0.3) is 16.9 Å². The zero-order valence-electron chi connectivity index (χ0n) is 16.6. The molecule has 4 rings (SSSR count). The molecule has 0 unspecified atom stereocenters. The minimum Gasteiger partial charge on any atom is -0.477 e. The highest BCUT2D eigenvalue weighted by Crippen LogP contribution is 2.30. The maximum atomic E-state index is 13.4. The number of benzene rings is 1. The summed E-state index contributed by atoms with van der Waals surface area (Å²) in [7, 11) is 0. The first-order chi connectivity index (χ1) is 16.0. The first-order valence-corrected chi connectivity index (χ1v) is 9.59. The molecule has 0 saturated carbocycles. The fourth-order valence-electron chi connectivity index (χ4n) is 2.91. The third kappa shape index (κ3) is 4.59. The van der Waals surface area contributed by atoms with Gasteiger partial charge in [-0.05, 0) is 30.3 Å². The van der Waals surface area contributed by atoms with E-state index in [4.69, 9.17) is 11.6 Å². The van der Waals surface area contributed by atoms with Gasteiger partial charge in [0.25, 0.3) is 5.56 Å². The minimum atomic E-state index is -4.72. The summed E-state index contributed by atoms with van der Waals surface area (Å²) >= 11 is 5.76. The number of carboxylic acid groups (broad SMARTS) is 1. The second kappa shape index (κ2) is 8.59. The Balaban J connectivity index is 1.85. The highest BCUT2D eigenvalue weighted by atomic mass is 35.5. The Kier molecular flexibility index (Phi) is 5.79. The monoisotopic (exact) mass is 494 g/mol.